The molecule has 0 bridgehead atoms. The summed E-state index contributed by atoms with van der Waals surface area (Å²) in [7, 11) is 0. The number of aliphatic hydroxyl groups excluding tert-OH is 1. The molecule has 1 rings (SSSR count). The number of aliphatic hydroxyl groups is 1. The molecule has 0 saturated heterocycles. The van der Waals surface area contributed by atoms with Crippen molar-refractivity contribution in [2.24, 2.45) is 0 Å². The summed E-state index contributed by atoms with van der Waals surface area (Å²) in [5.41, 5.74) is 0. The van der Waals surface area contributed by atoms with Gasteiger partial charge < -0.3 is 5.11 Å². The highest BCUT2D eigenvalue weighted by Crippen LogP contribution is 2.12. The Morgan fingerprint density at radius 3 is 2.79 bits per heavy atom. The van der Waals surface area contributed by atoms with E-state index in [-0.39, 0.29) is 6.10 Å². The first kappa shape index (κ1) is 11.7. The molecule has 80 valence electrons. The van der Waals surface area contributed by atoms with E-state index >= 15 is 0 Å². The first-order valence-electron chi connectivity index (χ1n) is 5.19. The highest BCUT2D eigenvalue weighted by atomic mass is 32.1. The minimum atomic E-state index is -0.185. The fraction of sp³-hybridized carbons (Fsp3) is 0.636. The Morgan fingerprint density at radius 2 is 2.29 bits per heavy atom. The van der Waals surface area contributed by atoms with Gasteiger partial charge in [0.15, 0.2) is 0 Å². The van der Waals surface area contributed by atoms with Crippen LogP contribution < -0.4 is 0 Å². The third kappa shape index (κ3) is 3.78. The molecule has 0 saturated carbocycles. The van der Waals surface area contributed by atoms with Gasteiger partial charge in [0.1, 0.15) is 0 Å². The zero-order valence-corrected chi connectivity index (χ0v) is 9.76. The second kappa shape index (κ2) is 6.17. The summed E-state index contributed by atoms with van der Waals surface area (Å²) in [5, 5.41) is 11.6. The van der Waals surface area contributed by atoms with Crippen molar-refractivity contribution < 1.29 is 5.11 Å². The quantitative estimate of drug-likeness (QED) is 0.784. The molecule has 1 N–H and O–H groups in total. The number of rotatable bonds is 6. The van der Waals surface area contributed by atoms with Crippen LogP contribution in [-0.2, 0) is 6.54 Å². The highest BCUT2D eigenvalue weighted by molar-refractivity contribution is 7.09. The van der Waals surface area contributed by atoms with Gasteiger partial charge in [-0.15, -0.1) is 11.3 Å². The Labute approximate surface area is 90.2 Å². The molecular formula is C11H19NOS. The summed E-state index contributed by atoms with van der Waals surface area (Å²) >= 11 is 1.78. The number of hydrogen-bond acceptors (Lipinski definition) is 3. The molecule has 14 heavy (non-hydrogen) atoms. The Kier molecular flexibility index (Phi) is 5.15. The monoisotopic (exact) mass is 213 g/mol. The fourth-order valence-electron chi connectivity index (χ4n) is 1.36. The van der Waals surface area contributed by atoms with E-state index in [1.54, 1.807) is 11.3 Å². The lowest BCUT2D eigenvalue weighted by Crippen LogP contribution is -2.31. The Bertz CT molecular complexity index is 235. The van der Waals surface area contributed by atoms with E-state index in [0.29, 0.717) is 0 Å². The van der Waals surface area contributed by atoms with Crippen LogP contribution in [0.25, 0.3) is 0 Å². The van der Waals surface area contributed by atoms with Crippen LogP contribution in [0.4, 0.5) is 0 Å². The lowest BCUT2D eigenvalue weighted by molar-refractivity contribution is 0.109. The second-order valence-corrected chi connectivity index (χ2v) is 4.50. The molecule has 0 aromatic carbocycles. The smallest absolute Gasteiger partial charge is 0.0664 e. The minimum Gasteiger partial charge on any atom is -0.392 e. The van der Waals surface area contributed by atoms with Crippen molar-refractivity contribution in [3.63, 3.8) is 0 Å². The molecule has 1 atom stereocenters. The summed E-state index contributed by atoms with van der Waals surface area (Å²) in [6, 6.07) is 4.22. The van der Waals surface area contributed by atoms with Crippen LogP contribution in [0, 0.1) is 0 Å². The largest absolute Gasteiger partial charge is 0.392 e. The van der Waals surface area contributed by atoms with E-state index in [4.69, 9.17) is 0 Å². The van der Waals surface area contributed by atoms with Gasteiger partial charge in [0.25, 0.3) is 0 Å². The average molecular weight is 213 g/mol. The van der Waals surface area contributed by atoms with Gasteiger partial charge in [-0.2, -0.15) is 0 Å². The molecule has 0 amide bonds. The van der Waals surface area contributed by atoms with Crippen LogP contribution in [0.2, 0.25) is 0 Å². The van der Waals surface area contributed by atoms with Gasteiger partial charge in [0, 0.05) is 18.0 Å². The molecule has 3 heteroatoms. The van der Waals surface area contributed by atoms with E-state index < -0.39 is 0 Å². The Hall–Kier alpha value is -0.380. The molecule has 0 aliphatic carbocycles. The van der Waals surface area contributed by atoms with Crippen molar-refractivity contribution in [1.82, 2.24) is 4.90 Å². The number of hydrogen-bond donors (Lipinski definition) is 1. The minimum absolute atomic E-state index is 0.185. The molecule has 0 spiro atoms. The highest BCUT2D eigenvalue weighted by Gasteiger charge is 2.09. The van der Waals surface area contributed by atoms with Crippen molar-refractivity contribution in [2.75, 3.05) is 13.1 Å². The summed E-state index contributed by atoms with van der Waals surface area (Å²) < 4.78 is 0. The van der Waals surface area contributed by atoms with Crippen molar-refractivity contribution in [2.45, 2.75) is 32.9 Å². The summed E-state index contributed by atoms with van der Waals surface area (Å²) in [6.45, 7) is 6.89. The van der Waals surface area contributed by atoms with Crippen molar-refractivity contribution in [3.8, 4) is 0 Å². The first-order valence-corrected chi connectivity index (χ1v) is 6.07. The van der Waals surface area contributed by atoms with Gasteiger partial charge in [-0.3, -0.25) is 4.90 Å². The maximum absolute atomic E-state index is 9.55. The first-order chi connectivity index (χ1) is 6.76. The Balaban J connectivity index is 2.39. The lowest BCUT2D eigenvalue weighted by atomic mass is 10.2. The van der Waals surface area contributed by atoms with Gasteiger partial charge in [-0.05, 0) is 24.4 Å². The lowest BCUT2D eigenvalue weighted by Gasteiger charge is -2.22. The maximum atomic E-state index is 9.55. The number of thiophene rings is 1. The molecule has 0 fully saturated rings. The van der Waals surface area contributed by atoms with Crippen molar-refractivity contribution in [1.29, 1.82) is 0 Å². The van der Waals surface area contributed by atoms with Crippen LogP contribution in [0.1, 0.15) is 25.1 Å². The second-order valence-electron chi connectivity index (χ2n) is 3.47. The SMILES string of the molecule is CCC(O)CN(CC)Cc1cccs1. The fourth-order valence-corrected chi connectivity index (χ4v) is 2.10. The molecule has 1 aromatic rings. The molecular weight excluding hydrogens is 194 g/mol. The summed E-state index contributed by atoms with van der Waals surface area (Å²) in [4.78, 5) is 3.65. The average Bonchev–Trinajstić information content (AvgIpc) is 2.69. The van der Waals surface area contributed by atoms with E-state index in [0.717, 1.165) is 26.1 Å². The van der Waals surface area contributed by atoms with E-state index in [1.165, 1.54) is 4.88 Å². The van der Waals surface area contributed by atoms with E-state index in [9.17, 15) is 5.11 Å². The third-order valence-corrected chi connectivity index (χ3v) is 3.21. The van der Waals surface area contributed by atoms with Gasteiger partial charge in [-0.1, -0.05) is 19.9 Å². The van der Waals surface area contributed by atoms with Crippen LogP contribution in [-0.4, -0.2) is 29.2 Å². The van der Waals surface area contributed by atoms with Crippen LogP contribution in [0.15, 0.2) is 17.5 Å². The molecule has 0 aliphatic rings. The number of likely N-dealkylation sites (N-methyl/N-ethyl adjacent to an activating group) is 1. The van der Waals surface area contributed by atoms with Gasteiger partial charge in [-0.25, -0.2) is 0 Å². The third-order valence-electron chi connectivity index (χ3n) is 2.35. The predicted molar refractivity (Wildman–Crippen MR) is 61.6 cm³/mol. The number of nitrogens with zero attached hydrogens (tertiary/aromatic N) is 1. The summed E-state index contributed by atoms with van der Waals surface area (Å²) in [5.74, 6) is 0. The zero-order valence-electron chi connectivity index (χ0n) is 8.94. The van der Waals surface area contributed by atoms with E-state index in [1.807, 2.05) is 6.92 Å². The van der Waals surface area contributed by atoms with Gasteiger partial charge in [0.2, 0.25) is 0 Å². The molecule has 1 aromatic heterocycles. The van der Waals surface area contributed by atoms with Gasteiger partial charge in [0.05, 0.1) is 6.10 Å². The van der Waals surface area contributed by atoms with Crippen LogP contribution in [0.5, 0.6) is 0 Å². The predicted octanol–water partition coefficient (Wildman–Crippen LogP) is 2.34. The van der Waals surface area contributed by atoms with E-state index in [2.05, 4.69) is 29.3 Å². The van der Waals surface area contributed by atoms with Crippen molar-refractivity contribution in [3.05, 3.63) is 22.4 Å². The van der Waals surface area contributed by atoms with Crippen LogP contribution in [0.3, 0.4) is 0 Å². The maximum Gasteiger partial charge on any atom is 0.0664 e. The normalized spacial score (nSPS) is 13.4. The van der Waals surface area contributed by atoms with Gasteiger partial charge >= 0.3 is 0 Å². The zero-order chi connectivity index (χ0) is 10.4. The molecule has 1 unspecified atom stereocenters. The summed E-state index contributed by atoms with van der Waals surface area (Å²) in [6.07, 6.45) is 0.649. The van der Waals surface area contributed by atoms with Crippen molar-refractivity contribution >= 4 is 11.3 Å². The molecule has 2 nitrogen and oxygen atoms in total. The standard InChI is InChI=1S/C11H19NOS/c1-3-10(13)8-12(4-2)9-11-6-5-7-14-11/h5-7,10,13H,3-4,8-9H2,1-2H3. The molecule has 1 heterocycles. The molecule has 0 radical (unpaired) electrons. The van der Waals surface area contributed by atoms with Crippen LogP contribution >= 0.6 is 11.3 Å². The topological polar surface area (TPSA) is 23.5 Å². The molecule has 0 aliphatic heterocycles. The Morgan fingerprint density at radius 1 is 1.50 bits per heavy atom.